The molecule has 3 heteroatoms. The Labute approximate surface area is 127 Å². The Balaban J connectivity index is 0.000000304. The minimum Gasteiger partial charge on any atom is -0.336 e. The number of aryl methyl sites for hydroxylation is 1. The molecule has 112 valence electrons. The topological polar surface area (TPSA) is 41.1 Å². The van der Waals surface area contributed by atoms with Crippen LogP contribution in [0.3, 0.4) is 0 Å². The van der Waals surface area contributed by atoms with Gasteiger partial charge in [-0.3, -0.25) is 0 Å². The van der Waals surface area contributed by atoms with Crippen LogP contribution in [-0.2, 0) is 6.42 Å². The summed E-state index contributed by atoms with van der Waals surface area (Å²) in [6, 6.07) is 19.9. The summed E-state index contributed by atoms with van der Waals surface area (Å²) in [4.78, 5) is 11.4. The number of amides is 2. The van der Waals surface area contributed by atoms with Gasteiger partial charge in [0, 0.05) is 11.7 Å². The number of carbonyl (C=O) groups excluding carboxylic acids is 1. The van der Waals surface area contributed by atoms with Crippen molar-refractivity contribution in [2.24, 2.45) is 0 Å². The molecule has 21 heavy (non-hydrogen) atoms. The van der Waals surface area contributed by atoms with Crippen LogP contribution in [0.15, 0.2) is 60.7 Å². The highest BCUT2D eigenvalue weighted by atomic mass is 16.2. The van der Waals surface area contributed by atoms with Gasteiger partial charge in [0.25, 0.3) is 0 Å². The number of carbonyl (C=O) groups is 1. The van der Waals surface area contributed by atoms with E-state index in [0.29, 0.717) is 0 Å². The van der Waals surface area contributed by atoms with Crippen molar-refractivity contribution in [1.29, 1.82) is 0 Å². The molecular weight excluding hydrogens is 260 g/mol. The average molecular weight is 284 g/mol. The van der Waals surface area contributed by atoms with Crippen LogP contribution in [0.2, 0.25) is 0 Å². The van der Waals surface area contributed by atoms with E-state index < -0.39 is 0 Å². The summed E-state index contributed by atoms with van der Waals surface area (Å²) >= 11 is 0. The normalized spacial score (nSPS) is 9.52. The predicted molar refractivity (Wildman–Crippen MR) is 89.6 cm³/mol. The molecule has 2 rings (SSSR count). The van der Waals surface area contributed by atoms with Crippen molar-refractivity contribution in [2.75, 3.05) is 5.32 Å². The highest BCUT2D eigenvalue weighted by molar-refractivity contribution is 5.89. The smallest absolute Gasteiger partial charge is 0.319 e. The lowest BCUT2D eigenvalue weighted by Crippen LogP contribution is -2.34. The molecule has 2 aromatic carbocycles. The van der Waals surface area contributed by atoms with Crippen LogP contribution in [0.25, 0.3) is 0 Å². The third-order valence-corrected chi connectivity index (χ3v) is 2.71. The second kappa shape index (κ2) is 9.59. The van der Waals surface area contributed by atoms with Crippen molar-refractivity contribution >= 4 is 11.7 Å². The van der Waals surface area contributed by atoms with E-state index in [0.717, 1.165) is 12.1 Å². The zero-order chi connectivity index (χ0) is 15.5. The van der Waals surface area contributed by atoms with Gasteiger partial charge < -0.3 is 10.6 Å². The number of urea groups is 1. The van der Waals surface area contributed by atoms with Crippen LogP contribution >= 0.6 is 0 Å². The molecule has 0 aliphatic carbocycles. The van der Waals surface area contributed by atoms with Gasteiger partial charge in [-0.1, -0.05) is 55.5 Å². The van der Waals surface area contributed by atoms with E-state index in [1.54, 1.807) is 0 Å². The summed E-state index contributed by atoms with van der Waals surface area (Å²) < 4.78 is 0. The van der Waals surface area contributed by atoms with Crippen molar-refractivity contribution in [3.63, 3.8) is 0 Å². The van der Waals surface area contributed by atoms with Crippen LogP contribution in [0, 0.1) is 0 Å². The second-order valence-corrected chi connectivity index (χ2v) is 4.96. The van der Waals surface area contributed by atoms with Crippen LogP contribution < -0.4 is 10.6 Å². The minimum atomic E-state index is -0.158. The molecular formula is C18H24N2O. The van der Waals surface area contributed by atoms with E-state index in [-0.39, 0.29) is 12.1 Å². The van der Waals surface area contributed by atoms with Crippen molar-refractivity contribution < 1.29 is 4.79 Å². The fourth-order valence-electron chi connectivity index (χ4n) is 1.64. The van der Waals surface area contributed by atoms with E-state index >= 15 is 0 Å². The van der Waals surface area contributed by atoms with Crippen molar-refractivity contribution in [3.8, 4) is 0 Å². The van der Waals surface area contributed by atoms with Crippen molar-refractivity contribution in [2.45, 2.75) is 33.2 Å². The van der Waals surface area contributed by atoms with Crippen molar-refractivity contribution in [3.05, 3.63) is 66.2 Å². The number of nitrogens with one attached hydrogen (secondary N) is 2. The summed E-state index contributed by atoms with van der Waals surface area (Å²) in [5.74, 6) is 0. The van der Waals surface area contributed by atoms with E-state index in [9.17, 15) is 4.79 Å². The zero-order valence-electron chi connectivity index (χ0n) is 13.0. The molecule has 0 bridgehead atoms. The standard InChI is InChI=1S/C12H18N2O.C6H6/c1-4-10-5-7-11(8-6-10)14-12(15)13-9(2)3;1-2-4-6-5-3-1/h5-9H,4H2,1-3H3,(H2,13,14,15);1-6H. The van der Waals surface area contributed by atoms with Gasteiger partial charge >= 0.3 is 6.03 Å². The Morgan fingerprint density at radius 1 is 0.952 bits per heavy atom. The van der Waals surface area contributed by atoms with Gasteiger partial charge in [-0.05, 0) is 38.0 Å². The lowest BCUT2D eigenvalue weighted by atomic mass is 10.1. The molecule has 0 aliphatic rings. The molecule has 0 atom stereocenters. The Hall–Kier alpha value is -2.29. The Morgan fingerprint density at radius 3 is 1.81 bits per heavy atom. The molecule has 2 aromatic rings. The molecule has 0 spiro atoms. The van der Waals surface area contributed by atoms with Crippen LogP contribution in [-0.4, -0.2) is 12.1 Å². The van der Waals surface area contributed by atoms with Gasteiger partial charge in [-0.25, -0.2) is 4.79 Å². The third kappa shape index (κ3) is 7.78. The number of hydrogen-bond acceptors (Lipinski definition) is 1. The van der Waals surface area contributed by atoms with Gasteiger partial charge in [-0.2, -0.15) is 0 Å². The average Bonchev–Trinajstić information content (AvgIpc) is 2.49. The summed E-state index contributed by atoms with van der Waals surface area (Å²) in [7, 11) is 0. The fourth-order valence-corrected chi connectivity index (χ4v) is 1.64. The summed E-state index contributed by atoms with van der Waals surface area (Å²) in [5.41, 5.74) is 2.09. The SMILES string of the molecule is CCc1ccc(NC(=O)NC(C)C)cc1.c1ccccc1. The van der Waals surface area contributed by atoms with Gasteiger partial charge in [0.1, 0.15) is 0 Å². The van der Waals surface area contributed by atoms with E-state index in [1.165, 1.54) is 5.56 Å². The molecule has 0 saturated heterocycles. The molecule has 2 amide bonds. The number of anilines is 1. The fraction of sp³-hybridized carbons (Fsp3) is 0.278. The number of rotatable bonds is 3. The second-order valence-electron chi connectivity index (χ2n) is 4.96. The van der Waals surface area contributed by atoms with Gasteiger partial charge in [0.05, 0.1) is 0 Å². The van der Waals surface area contributed by atoms with Crippen LogP contribution in [0.4, 0.5) is 10.5 Å². The highest BCUT2D eigenvalue weighted by Crippen LogP contribution is 2.09. The van der Waals surface area contributed by atoms with Crippen LogP contribution in [0.1, 0.15) is 26.3 Å². The predicted octanol–water partition coefficient (Wildman–Crippen LogP) is 4.47. The quantitative estimate of drug-likeness (QED) is 0.858. The van der Waals surface area contributed by atoms with E-state index in [1.807, 2.05) is 74.5 Å². The van der Waals surface area contributed by atoms with Gasteiger partial charge in [0.2, 0.25) is 0 Å². The largest absolute Gasteiger partial charge is 0.336 e. The Bertz CT molecular complexity index is 480. The molecule has 0 radical (unpaired) electrons. The molecule has 0 aromatic heterocycles. The summed E-state index contributed by atoms with van der Waals surface area (Å²) in [5, 5.41) is 5.54. The summed E-state index contributed by atoms with van der Waals surface area (Å²) in [6.07, 6.45) is 1.01. The molecule has 3 nitrogen and oxygen atoms in total. The first kappa shape index (κ1) is 16.8. The van der Waals surface area contributed by atoms with Gasteiger partial charge in [-0.15, -0.1) is 0 Å². The molecule has 0 fully saturated rings. The molecule has 0 aliphatic heterocycles. The van der Waals surface area contributed by atoms with Crippen molar-refractivity contribution in [1.82, 2.24) is 5.32 Å². The Kier molecular flexibility index (Phi) is 7.65. The molecule has 0 unspecified atom stereocenters. The van der Waals surface area contributed by atoms with Gasteiger partial charge in [0.15, 0.2) is 0 Å². The first-order valence-electron chi connectivity index (χ1n) is 7.28. The first-order valence-corrected chi connectivity index (χ1v) is 7.28. The maximum atomic E-state index is 11.4. The number of benzene rings is 2. The van der Waals surface area contributed by atoms with Crippen LogP contribution in [0.5, 0.6) is 0 Å². The molecule has 2 N–H and O–H groups in total. The monoisotopic (exact) mass is 284 g/mol. The number of hydrogen-bond donors (Lipinski definition) is 2. The first-order chi connectivity index (χ1) is 10.1. The maximum absolute atomic E-state index is 11.4. The van der Waals surface area contributed by atoms with E-state index in [4.69, 9.17) is 0 Å². The molecule has 0 heterocycles. The van der Waals surface area contributed by atoms with E-state index in [2.05, 4.69) is 17.6 Å². The Morgan fingerprint density at radius 2 is 1.43 bits per heavy atom. The lowest BCUT2D eigenvalue weighted by molar-refractivity contribution is 0.250. The zero-order valence-corrected chi connectivity index (χ0v) is 13.0. The summed E-state index contributed by atoms with van der Waals surface area (Å²) in [6.45, 7) is 5.97. The maximum Gasteiger partial charge on any atom is 0.319 e. The highest BCUT2D eigenvalue weighted by Gasteiger charge is 2.02. The minimum absolute atomic E-state index is 0.153. The third-order valence-electron chi connectivity index (χ3n) is 2.71. The lowest BCUT2D eigenvalue weighted by Gasteiger charge is -2.10. The molecule has 0 saturated carbocycles.